The summed E-state index contributed by atoms with van der Waals surface area (Å²) in [5.41, 5.74) is 2.07. The summed E-state index contributed by atoms with van der Waals surface area (Å²) in [6, 6.07) is 14.8. The molecule has 3 aromatic carbocycles. The average Bonchev–Trinajstić information content (AvgIpc) is 3.40. The normalized spacial score (nSPS) is 13.3. The van der Waals surface area contributed by atoms with Gasteiger partial charge in [-0.25, -0.2) is 4.98 Å². The summed E-state index contributed by atoms with van der Waals surface area (Å²) in [5.74, 6) is 3.17. The first-order valence-corrected chi connectivity index (χ1v) is 13.6. The molecule has 196 valence electrons. The molecule has 10 heteroatoms. The molecule has 0 amide bonds. The van der Waals surface area contributed by atoms with Crippen LogP contribution in [-0.2, 0) is 6.61 Å². The second-order valence-corrected chi connectivity index (χ2v) is 10.6. The summed E-state index contributed by atoms with van der Waals surface area (Å²) in [6.07, 6.45) is 2.43. The van der Waals surface area contributed by atoms with E-state index >= 15 is 0 Å². The van der Waals surface area contributed by atoms with Crippen LogP contribution in [0.25, 0.3) is 10.9 Å². The summed E-state index contributed by atoms with van der Waals surface area (Å²) >= 11 is 7.05. The molecule has 1 atom stereocenters. The van der Waals surface area contributed by atoms with E-state index in [4.69, 9.17) is 23.9 Å². The highest BCUT2D eigenvalue weighted by molar-refractivity contribution is 9.10. The minimum atomic E-state index is -0.227. The van der Waals surface area contributed by atoms with Crippen LogP contribution < -0.4 is 24.5 Å². The maximum atomic E-state index is 13.4. The third-order valence-electron chi connectivity index (χ3n) is 6.31. The van der Waals surface area contributed by atoms with Crippen LogP contribution >= 0.6 is 31.9 Å². The number of benzene rings is 3. The Kier molecular flexibility index (Phi) is 7.71. The average molecular weight is 643 g/mol. The molecule has 0 unspecified atom stereocenters. The van der Waals surface area contributed by atoms with Crippen LogP contribution in [0.1, 0.15) is 43.1 Å². The lowest BCUT2D eigenvalue weighted by Crippen LogP contribution is -2.23. The van der Waals surface area contributed by atoms with Crippen LogP contribution in [0.5, 0.6) is 23.0 Å². The van der Waals surface area contributed by atoms with Crippen molar-refractivity contribution in [1.82, 2.24) is 9.66 Å². The number of halogens is 2. The Hall–Kier alpha value is -3.37. The molecule has 1 aliphatic heterocycles. The van der Waals surface area contributed by atoms with Crippen LogP contribution in [0.3, 0.4) is 0 Å². The molecule has 1 aromatic heterocycles. The first-order chi connectivity index (χ1) is 18.4. The van der Waals surface area contributed by atoms with Gasteiger partial charge in [-0.05, 0) is 70.4 Å². The zero-order chi connectivity index (χ0) is 26.8. The number of hydrogen-bond donors (Lipinski definition) is 0. The van der Waals surface area contributed by atoms with Gasteiger partial charge in [0.15, 0.2) is 23.0 Å². The third-order valence-corrected chi connectivity index (χ3v) is 7.49. The van der Waals surface area contributed by atoms with Crippen LogP contribution in [-0.4, -0.2) is 29.8 Å². The molecule has 0 fully saturated rings. The highest BCUT2D eigenvalue weighted by Gasteiger charge is 2.17. The molecule has 0 bridgehead atoms. The van der Waals surface area contributed by atoms with Gasteiger partial charge in [0.2, 0.25) is 6.79 Å². The molecule has 4 aromatic rings. The Labute approximate surface area is 236 Å². The standard InChI is InChI=1S/C28H25Br2N3O5/c1-4-16(2)27-32-22-7-6-19(29)11-20(22)28(34)33(27)31-13-18-10-24(35-3)26(12-21(18)30)36-14-17-5-8-23-25(9-17)38-15-37-23/h5-13,16H,4,14-15H2,1-3H3/t16-/m0/s1. The van der Waals surface area contributed by atoms with Crippen LogP contribution in [0.2, 0.25) is 0 Å². The summed E-state index contributed by atoms with van der Waals surface area (Å²) in [4.78, 5) is 18.2. The zero-order valence-corrected chi connectivity index (χ0v) is 24.2. The van der Waals surface area contributed by atoms with E-state index in [1.165, 1.54) is 4.68 Å². The molecule has 38 heavy (non-hydrogen) atoms. The number of aromatic nitrogens is 2. The summed E-state index contributed by atoms with van der Waals surface area (Å²) in [7, 11) is 1.58. The van der Waals surface area contributed by atoms with E-state index in [2.05, 4.69) is 43.9 Å². The Morgan fingerprint density at radius 2 is 1.92 bits per heavy atom. The summed E-state index contributed by atoms with van der Waals surface area (Å²) < 4.78 is 25.4. The largest absolute Gasteiger partial charge is 0.493 e. The highest BCUT2D eigenvalue weighted by atomic mass is 79.9. The van der Waals surface area contributed by atoms with Crippen molar-refractivity contribution in [3.05, 3.63) is 84.8 Å². The van der Waals surface area contributed by atoms with Crippen molar-refractivity contribution in [3.63, 3.8) is 0 Å². The fraction of sp³-hybridized carbons (Fsp3) is 0.250. The van der Waals surface area contributed by atoms with Crippen molar-refractivity contribution < 1.29 is 18.9 Å². The van der Waals surface area contributed by atoms with Gasteiger partial charge in [-0.3, -0.25) is 4.79 Å². The first kappa shape index (κ1) is 26.2. The number of fused-ring (bicyclic) bond motifs is 2. The molecule has 0 N–H and O–H groups in total. The zero-order valence-electron chi connectivity index (χ0n) is 21.0. The monoisotopic (exact) mass is 641 g/mol. The van der Waals surface area contributed by atoms with Gasteiger partial charge in [-0.2, -0.15) is 9.78 Å². The van der Waals surface area contributed by atoms with Crippen molar-refractivity contribution in [2.24, 2.45) is 5.10 Å². The second-order valence-electron chi connectivity index (χ2n) is 8.80. The Morgan fingerprint density at radius 1 is 1.11 bits per heavy atom. The lowest BCUT2D eigenvalue weighted by atomic mass is 10.1. The molecule has 0 spiro atoms. The number of nitrogens with zero attached hydrogens (tertiary/aromatic N) is 3. The van der Waals surface area contributed by atoms with Gasteiger partial charge in [-0.15, -0.1) is 0 Å². The van der Waals surface area contributed by atoms with Crippen molar-refractivity contribution in [2.75, 3.05) is 13.9 Å². The number of rotatable bonds is 8. The van der Waals surface area contributed by atoms with E-state index in [-0.39, 0.29) is 18.3 Å². The maximum Gasteiger partial charge on any atom is 0.282 e. The molecule has 5 rings (SSSR count). The van der Waals surface area contributed by atoms with E-state index in [1.807, 2.05) is 49.4 Å². The quantitative estimate of drug-likeness (QED) is 0.201. The maximum absolute atomic E-state index is 13.4. The van der Waals surface area contributed by atoms with Gasteiger partial charge in [0.1, 0.15) is 12.4 Å². The van der Waals surface area contributed by atoms with Gasteiger partial charge in [0.25, 0.3) is 5.56 Å². The van der Waals surface area contributed by atoms with E-state index in [0.717, 1.165) is 26.7 Å². The van der Waals surface area contributed by atoms with Crippen molar-refractivity contribution >= 4 is 49.0 Å². The summed E-state index contributed by atoms with van der Waals surface area (Å²) in [6.45, 7) is 4.63. The molecule has 0 aliphatic carbocycles. The van der Waals surface area contributed by atoms with Crippen molar-refractivity contribution in [3.8, 4) is 23.0 Å². The lowest BCUT2D eigenvalue weighted by molar-refractivity contribution is 0.174. The predicted molar refractivity (Wildman–Crippen MR) is 153 cm³/mol. The van der Waals surface area contributed by atoms with Crippen LogP contribution in [0.15, 0.2) is 67.4 Å². The van der Waals surface area contributed by atoms with E-state index in [9.17, 15) is 4.79 Å². The Morgan fingerprint density at radius 3 is 2.71 bits per heavy atom. The fourth-order valence-corrected chi connectivity index (χ4v) is 4.80. The fourth-order valence-electron chi connectivity index (χ4n) is 4.01. The Balaban J connectivity index is 1.45. The van der Waals surface area contributed by atoms with E-state index in [1.54, 1.807) is 19.4 Å². The van der Waals surface area contributed by atoms with E-state index in [0.29, 0.717) is 46.1 Å². The third kappa shape index (κ3) is 5.28. The molecular formula is C28H25Br2N3O5. The molecule has 0 saturated heterocycles. The molecular weight excluding hydrogens is 618 g/mol. The van der Waals surface area contributed by atoms with Gasteiger partial charge in [0, 0.05) is 20.4 Å². The van der Waals surface area contributed by atoms with Gasteiger partial charge in [-0.1, -0.05) is 35.8 Å². The van der Waals surface area contributed by atoms with Gasteiger partial charge < -0.3 is 18.9 Å². The predicted octanol–water partition coefficient (Wildman–Crippen LogP) is 6.63. The lowest BCUT2D eigenvalue weighted by Gasteiger charge is -2.15. The summed E-state index contributed by atoms with van der Waals surface area (Å²) in [5, 5.41) is 5.06. The smallest absolute Gasteiger partial charge is 0.282 e. The number of methoxy groups -OCH3 is 1. The van der Waals surface area contributed by atoms with Crippen LogP contribution in [0, 0.1) is 0 Å². The number of ether oxygens (including phenoxy) is 4. The molecule has 2 heterocycles. The second kappa shape index (κ2) is 11.2. The SMILES string of the molecule is CC[C@H](C)c1nc2ccc(Br)cc2c(=O)n1N=Cc1cc(OC)c(OCc2ccc3c(c2)OCO3)cc1Br. The Bertz CT molecular complexity index is 1600. The van der Waals surface area contributed by atoms with Crippen molar-refractivity contribution in [2.45, 2.75) is 32.8 Å². The number of hydrogen-bond acceptors (Lipinski definition) is 7. The highest BCUT2D eigenvalue weighted by Crippen LogP contribution is 2.35. The molecule has 0 saturated carbocycles. The molecule has 8 nitrogen and oxygen atoms in total. The van der Waals surface area contributed by atoms with E-state index < -0.39 is 0 Å². The van der Waals surface area contributed by atoms with Gasteiger partial charge >= 0.3 is 0 Å². The first-order valence-electron chi connectivity index (χ1n) is 12.0. The van der Waals surface area contributed by atoms with Crippen LogP contribution in [0.4, 0.5) is 0 Å². The minimum absolute atomic E-state index is 0.0397. The minimum Gasteiger partial charge on any atom is -0.493 e. The topological polar surface area (TPSA) is 84.2 Å². The molecule has 1 aliphatic rings. The van der Waals surface area contributed by atoms with Gasteiger partial charge in [0.05, 0.1) is 24.2 Å². The molecule has 0 radical (unpaired) electrons. The van der Waals surface area contributed by atoms with Crippen molar-refractivity contribution in [1.29, 1.82) is 0 Å².